The van der Waals surface area contributed by atoms with Crippen molar-refractivity contribution in [2.24, 2.45) is 0 Å². The normalized spacial score (nSPS) is 10.9. The number of methoxy groups -OCH3 is 2. The maximum absolute atomic E-state index is 11.3. The highest BCUT2D eigenvalue weighted by atomic mass is 16.5. The van der Waals surface area contributed by atoms with E-state index in [4.69, 9.17) is 9.47 Å². The van der Waals surface area contributed by atoms with Gasteiger partial charge in [-0.15, -0.1) is 0 Å². The van der Waals surface area contributed by atoms with Crippen LogP contribution in [0.5, 0.6) is 34.5 Å². The van der Waals surface area contributed by atoms with Crippen molar-refractivity contribution in [2.75, 3.05) is 14.2 Å². The molecule has 0 saturated carbocycles. The zero-order chi connectivity index (χ0) is 26.0. The maximum Gasteiger partial charge on any atom is 0.169 e. The third-order valence-electron chi connectivity index (χ3n) is 6.27. The second-order valence-electron chi connectivity index (χ2n) is 8.51. The quantitative estimate of drug-likeness (QED) is 0.256. The van der Waals surface area contributed by atoms with Crippen LogP contribution in [0, 0.1) is 26.7 Å². The zero-order valence-corrected chi connectivity index (χ0v) is 20.5. The number of hydrogen-bond acceptors (Lipinski definition) is 6. The first-order valence-electron chi connectivity index (χ1n) is 11.3. The van der Waals surface area contributed by atoms with Crippen LogP contribution in [0.3, 0.4) is 0 Å². The Balaban J connectivity index is 1.85. The summed E-state index contributed by atoms with van der Waals surface area (Å²) >= 11 is 0. The molecule has 4 rings (SSSR count). The molecule has 0 fully saturated rings. The molecule has 0 amide bonds. The number of phenolic OH excluding ortho intramolecular Hbond substituents is 4. The summed E-state index contributed by atoms with van der Waals surface area (Å²) in [4.78, 5) is 0. The number of rotatable bonds is 7. The first-order valence-corrected chi connectivity index (χ1v) is 11.3. The molecule has 6 heteroatoms. The Kier molecular flexibility index (Phi) is 6.97. The van der Waals surface area contributed by atoms with Crippen molar-refractivity contribution in [2.45, 2.75) is 13.8 Å². The molecular formula is C30H28O6. The lowest BCUT2D eigenvalue weighted by Crippen LogP contribution is -1.97. The van der Waals surface area contributed by atoms with E-state index in [1.54, 1.807) is 49.7 Å². The summed E-state index contributed by atoms with van der Waals surface area (Å²) in [6.07, 6.45) is 3.61. The van der Waals surface area contributed by atoms with Gasteiger partial charge in [0.15, 0.2) is 11.5 Å². The average Bonchev–Trinajstić information content (AvgIpc) is 2.86. The van der Waals surface area contributed by atoms with Gasteiger partial charge in [0.2, 0.25) is 0 Å². The van der Waals surface area contributed by atoms with E-state index in [0.717, 1.165) is 16.7 Å². The second-order valence-corrected chi connectivity index (χ2v) is 8.51. The fourth-order valence-electron chi connectivity index (χ4n) is 4.11. The standard InChI is InChI=1S/C30H28O6/c1-17-20(7-5-9-25(17)31)11-19-12-22(15-24(13-19)35-3)28-29(33)23(16-27(36-4)30(28)34)14-21-8-6-10-26(32)18(21)2/h5-16,31-34H,1-4H3. The molecule has 184 valence electrons. The van der Waals surface area contributed by atoms with Crippen molar-refractivity contribution in [3.63, 3.8) is 0 Å². The molecule has 4 N–H and O–H groups in total. The van der Waals surface area contributed by atoms with Crippen molar-refractivity contribution < 1.29 is 29.9 Å². The molecule has 0 aliphatic carbocycles. The van der Waals surface area contributed by atoms with Crippen molar-refractivity contribution in [1.82, 2.24) is 0 Å². The van der Waals surface area contributed by atoms with Gasteiger partial charge in [0, 0.05) is 18.4 Å². The van der Waals surface area contributed by atoms with Gasteiger partial charge in [0.1, 0.15) is 23.0 Å². The Morgan fingerprint density at radius 3 is 1.83 bits per heavy atom. The fraction of sp³-hybridized carbons (Fsp3) is 0.133. The number of ether oxygens (including phenoxy) is 2. The van der Waals surface area contributed by atoms with Gasteiger partial charge in [0.05, 0.1) is 19.8 Å². The molecule has 0 heterocycles. The topological polar surface area (TPSA) is 99.4 Å². The molecule has 0 aliphatic rings. The van der Waals surface area contributed by atoms with Gasteiger partial charge >= 0.3 is 0 Å². The van der Waals surface area contributed by atoms with E-state index in [0.29, 0.717) is 28.0 Å². The SMILES string of the molecule is COc1cc([CH]c2cccc(O)c2C)cc(-c2c(O)c([CH]c3cccc(O)c3C)cc(OC)c2O)c1. The molecule has 6 nitrogen and oxygen atoms in total. The number of hydrogen-bond donors (Lipinski definition) is 4. The van der Waals surface area contributed by atoms with Crippen LogP contribution in [0.1, 0.15) is 33.4 Å². The Labute approximate surface area is 210 Å². The maximum atomic E-state index is 11.3. The van der Waals surface area contributed by atoms with Gasteiger partial charge in [-0.05, 0) is 83.6 Å². The lowest BCUT2D eigenvalue weighted by Gasteiger charge is -2.18. The van der Waals surface area contributed by atoms with Crippen LogP contribution >= 0.6 is 0 Å². The highest BCUT2D eigenvalue weighted by Gasteiger charge is 2.22. The van der Waals surface area contributed by atoms with Gasteiger partial charge < -0.3 is 29.9 Å². The van der Waals surface area contributed by atoms with E-state index >= 15 is 0 Å². The lowest BCUT2D eigenvalue weighted by molar-refractivity contribution is 0.370. The summed E-state index contributed by atoms with van der Waals surface area (Å²) in [7, 11) is 2.98. The Morgan fingerprint density at radius 2 is 1.25 bits per heavy atom. The second kappa shape index (κ2) is 10.1. The van der Waals surface area contributed by atoms with Crippen molar-refractivity contribution in [1.29, 1.82) is 0 Å². The van der Waals surface area contributed by atoms with Crippen molar-refractivity contribution >= 4 is 0 Å². The summed E-state index contributed by atoms with van der Waals surface area (Å²) < 4.78 is 10.9. The van der Waals surface area contributed by atoms with E-state index in [9.17, 15) is 20.4 Å². The predicted molar refractivity (Wildman–Crippen MR) is 139 cm³/mol. The number of benzene rings is 4. The lowest BCUT2D eigenvalue weighted by atomic mass is 9.92. The van der Waals surface area contributed by atoms with Crippen LogP contribution in [0.25, 0.3) is 11.1 Å². The van der Waals surface area contributed by atoms with Crippen molar-refractivity contribution in [3.05, 3.63) is 107 Å². The molecule has 0 saturated heterocycles. The largest absolute Gasteiger partial charge is 0.508 e. The molecule has 2 radical (unpaired) electrons. The number of aromatic hydroxyl groups is 4. The van der Waals surface area contributed by atoms with E-state index in [2.05, 4.69) is 0 Å². The van der Waals surface area contributed by atoms with Gasteiger partial charge in [-0.2, -0.15) is 0 Å². The zero-order valence-electron chi connectivity index (χ0n) is 20.5. The Morgan fingerprint density at radius 1 is 0.639 bits per heavy atom. The number of phenols is 4. The summed E-state index contributed by atoms with van der Waals surface area (Å²) in [5.41, 5.74) is 4.76. The third-order valence-corrected chi connectivity index (χ3v) is 6.27. The van der Waals surface area contributed by atoms with Gasteiger partial charge in [-0.1, -0.05) is 24.3 Å². The summed E-state index contributed by atoms with van der Waals surface area (Å²) in [5.74, 6) is 0.676. The molecule has 0 aliphatic heterocycles. The third kappa shape index (κ3) is 4.75. The van der Waals surface area contributed by atoms with Gasteiger partial charge in [0.25, 0.3) is 0 Å². The minimum Gasteiger partial charge on any atom is -0.508 e. The van der Waals surface area contributed by atoms with E-state index in [1.165, 1.54) is 14.2 Å². The Hall–Kier alpha value is -4.32. The summed E-state index contributed by atoms with van der Waals surface area (Å²) in [6.45, 7) is 3.61. The van der Waals surface area contributed by atoms with Gasteiger partial charge in [-0.25, -0.2) is 0 Å². The van der Waals surface area contributed by atoms with Crippen LogP contribution in [-0.2, 0) is 0 Å². The fourth-order valence-corrected chi connectivity index (χ4v) is 4.11. The molecule has 4 aromatic carbocycles. The minimum absolute atomic E-state index is 0.143. The molecule has 0 bridgehead atoms. The highest BCUT2D eigenvalue weighted by Crippen LogP contribution is 2.48. The molecule has 36 heavy (non-hydrogen) atoms. The van der Waals surface area contributed by atoms with Crippen molar-refractivity contribution in [3.8, 4) is 45.6 Å². The van der Waals surface area contributed by atoms with Crippen LogP contribution < -0.4 is 9.47 Å². The monoisotopic (exact) mass is 484 g/mol. The van der Waals surface area contributed by atoms with Crippen LogP contribution in [0.2, 0.25) is 0 Å². The van der Waals surface area contributed by atoms with Crippen LogP contribution in [0.4, 0.5) is 0 Å². The summed E-state index contributed by atoms with van der Waals surface area (Å²) in [5, 5.41) is 42.5. The molecule has 0 aromatic heterocycles. The van der Waals surface area contributed by atoms with E-state index < -0.39 is 0 Å². The molecule has 0 unspecified atom stereocenters. The molecule has 0 spiro atoms. The van der Waals surface area contributed by atoms with Gasteiger partial charge in [-0.3, -0.25) is 0 Å². The van der Waals surface area contributed by atoms with Crippen LogP contribution in [0.15, 0.2) is 60.7 Å². The molecular weight excluding hydrogens is 456 g/mol. The van der Waals surface area contributed by atoms with E-state index in [-0.39, 0.29) is 34.3 Å². The van der Waals surface area contributed by atoms with Crippen LogP contribution in [-0.4, -0.2) is 34.6 Å². The summed E-state index contributed by atoms with van der Waals surface area (Å²) in [6, 6.07) is 17.3. The smallest absolute Gasteiger partial charge is 0.169 e. The first kappa shape index (κ1) is 24.8. The Bertz CT molecular complexity index is 1420. The highest BCUT2D eigenvalue weighted by molar-refractivity contribution is 5.83. The molecule has 4 aromatic rings. The average molecular weight is 485 g/mol. The molecule has 0 atom stereocenters. The van der Waals surface area contributed by atoms with E-state index in [1.807, 2.05) is 37.6 Å². The first-order chi connectivity index (χ1) is 17.2. The minimum atomic E-state index is -0.215. The predicted octanol–water partition coefficient (Wildman–Crippen LogP) is 6.01.